The normalized spacial score (nSPS) is 16.8. The number of hydrogen-bond acceptors (Lipinski definition) is 3. The molecule has 0 bridgehead atoms. The first kappa shape index (κ1) is 29.8. The molecule has 2 aromatic carbocycles. The fourth-order valence-electron chi connectivity index (χ4n) is 3.81. The van der Waals surface area contributed by atoms with Crippen molar-refractivity contribution in [1.29, 1.82) is 0 Å². The molecule has 3 rings (SSSR count). The zero-order chi connectivity index (χ0) is 25.7. The summed E-state index contributed by atoms with van der Waals surface area (Å²) in [6, 6.07) is 10.6. The minimum absolute atomic E-state index is 0.0224. The van der Waals surface area contributed by atoms with E-state index in [0.717, 1.165) is 17.5 Å². The van der Waals surface area contributed by atoms with Gasteiger partial charge in [0.25, 0.3) is 0 Å². The number of carbonyl (C=O) groups excluding carboxylic acids is 2. The zero-order valence-corrected chi connectivity index (χ0v) is 21.6. The molecular weight excluding hydrogens is 458 g/mol. The van der Waals surface area contributed by atoms with Crippen LogP contribution >= 0.6 is 11.6 Å². The maximum Gasteiger partial charge on any atom is 0.307 e. The van der Waals surface area contributed by atoms with Gasteiger partial charge >= 0.3 is 5.97 Å². The van der Waals surface area contributed by atoms with E-state index >= 15 is 0 Å². The van der Waals surface area contributed by atoms with Gasteiger partial charge in [0, 0.05) is 11.1 Å². The minimum atomic E-state index is -0.503. The number of halogens is 3. The van der Waals surface area contributed by atoms with Gasteiger partial charge in [-0.1, -0.05) is 77.1 Å². The van der Waals surface area contributed by atoms with Gasteiger partial charge in [-0.05, 0) is 54.7 Å². The lowest BCUT2D eigenvalue weighted by Gasteiger charge is -2.15. The Hall–Kier alpha value is -2.27. The van der Waals surface area contributed by atoms with Crippen molar-refractivity contribution in [3.05, 3.63) is 70.2 Å². The topological polar surface area (TPSA) is 43.4 Å². The van der Waals surface area contributed by atoms with E-state index in [1.165, 1.54) is 44.7 Å². The second kappa shape index (κ2) is 15.6. The summed E-state index contributed by atoms with van der Waals surface area (Å²) in [5.41, 5.74) is 1.51. The quantitative estimate of drug-likeness (QED) is 0.363. The van der Waals surface area contributed by atoms with Crippen molar-refractivity contribution in [2.75, 3.05) is 0 Å². The van der Waals surface area contributed by atoms with Crippen molar-refractivity contribution in [1.82, 2.24) is 0 Å². The molecule has 0 amide bonds. The average molecular weight is 495 g/mol. The third-order valence-electron chi connectivity index (χ3n) is 5.62. The molecule has 2 atom stereocenters. The van der Waals surface area contributed by atoms with Crippen LogP contribution in [0.25, 0.3) is 0 Å². The van der Waals surface area contributed by atoms with Crippen LogP contribution in [-0.2, 0) is 20.7 Å². The van der Waals surface area contributed by atoms with E-state index in [4.69, 9.17) is 16.3 Å². The second-order valence-electron chi connectivity index (χ2n) is 8.70. The van der Waals surface area contributed by atoms with E-state index < -0.39 is 17.7 Å². The molecule has 6 heteroatoms. The highest BCUT2D eigenvalue weighted by Gasteiger charge is 2.38. The number of aryl methyl sites for hydroxylation is 1. The van der Waals surface area contributed by atoms with E-state index in [2.05, 4.69) is 20.8 Å². The second-order valence-corrected chi connectivity index (χ2v) is 9.13. The van der Waals surface area contributed by atoms with Crippen molar-refractivity contribution in [3.8, 4) is 0 Å². The third kappa shape index (κ3) is 10.8. The molecular formula is C28H37ClF2O3. The molecule has 3 nitrogen and oxygen atoms in total. The summed E-state index contributed by atoms with van der Waals surface area (Å²) in [7, 11) is 0. The molecule has 0 spiro atoms. The molecule has 1 aliphatic rings. The summed E-state index contributed by atoms with van der Waals surface area (Å²) in [6.07, 6.45) is 5.89. The van der Waals surface area contributed by atoms with Crippen LogP contribution in [0.4, 0.5) is 8.78 Å². The van der Waals surface area contributed by atoms with Crippen molar-refractivity contribution in [2.45, 2.75) is 79.2 Å². The fourth-order valence-corrected chi connectivity index (χ4v) is 3.94. The van der Waals surface area contributed by atoms with Crippen LogP contribution in [0, 0.1) is 23.5 Å². The lowest BCUT2D eigenvalue weighted by atomic mass is 9.92. The molecule has 0 saturated carbocycles. The van der Waals surface area contributed by atoms with Gasteiger partial charge in [-0.25, -0.2) is 8.78 Å². The smallest absolute Gasteiger partial charge is 0.307 e. The number of esters is 1. The molecule has 1 saturated heterocycles. The Bertz CT molecular complexity index is 873. The zero-order valence-electron chi connectivity index (χ0n) is 20.9. The number of cyclic esters (lactones) is 1. The molecule has 0 aliphatic carbocycles. The van der Waals surface area contributed by atoms with Gasteiger partial charge in [-0.2, -0.15) is 0 Å². The number of benzene rings is 2. The van der Waals surface area contributed by atoms with Gasteiger partial charge < -0.3 is 4.74 Å². The highest BCUT2D eigenvalue weighted by molar-refractivity contribution is 6.30. The maximum atomic E-state index is 12.4. The van der Waals surface area contributed by atoms with Crippen LogP contribution in [0.1, 0.15) is 84.0 Å². The predicted molar refractivity (Wildman–Crippen MR) is 134 cm³/mol. The Labute approximate surface area is 207 Å². The van der Waals surface area contributed by atoms with Crippen LogP contribution in [-0.4, -0.2) is 11.8 Å². The molecule has 0 aromatic heterocycles. The Morgan fingerprint density at radius 2 is 1.56 bits per heavy atom. The Kier molecular flexibility index (Phi) is 13.7. The van der Waals surface area contributed by atoms with Gasteiger partial charge in [0.2, 0.25) is 0 Å². The molecule has 0 radical (unpaired) electrons. The van der Waals surface area contributed by atoms with Gasteiger partial charge in [-0.15, -0.1) is 0 Å². The summed E-state index contributed by atoms with van der Waals surface area (Å²) in [5.74, 6) is -0.752. The molecule has 188 valence electrons. The first-order valence-corrected chi connectivity index (χ1v) is 12.4. The summed E-state index contributed by atoms with van der Waals surface area (Å²) in [4.78, 5) is 22.6. The van der Waals surface area contributed by atoms with Gasteiger partial charge in [-0.3, -0.25) is 9.59 Å². The summed E-state index contributed by atoms with van der Waals surface area (Å²) >= 11 is 5.77. The lowest BCUT2D eigenvalue weighted by Crippen LogP contribution is -2.15. The van der Waals surface area contributed by atoms with Crippen LogP contribution in [0.5, 0.6) is 0 Å². The first-order chi connectivity index (χ1) is 16.1. The van der Waals surface area contributed by atoms with E-state index in [-0.39, 0.29) is 24.1 Å². The van der Waals surface area contributed by atoms with Gasteiger partial charge in [0.15, 0.2) is 0 Å². The summed E-state index contributed by atoms with van der Waals surface area (Å²) in [6.45, 7) is 10.2. The van der Waals surface area contributed by atoms with Gasteiger partial charge in [0.1, 0.15) is 23.5 Å². The molecule has 0 N–H and O–H groups in total. The molecule has 34 heavy (non-hydrogen) atoms. The monoisotopic (exact) mass is 494 g/mol. The molecule has 2 aromatic rings. The summed E-state index contributed by atoms with van der Waals surface area (Å²) in [5, 5.41) is 0.618. The van der Waals surface area contributed by atoms with Crippen LogP contribution < -0.4 is 0 Å². The SMILES string of the molecule is CC(=O)[C@H]1CC(=O)OC1c1ccc(Cl)cc1.CCCC(C)CCC.CCc1cc(F)cc(F)c1. The number of rotatable bonds is 7. The van der Waals surface area contributed by atoms with Crippen LogP contribution in [0.3, 0.4) is 0 Å². The van der Waals surface area contributed by atoms with Crippen molar-refractivity contribution >= 4 is 23.4 Å². The van der Waals surface area contributed by atoms with E-state index in [1.807, 2.05) is 6.92 Å². The fraction of sp³-hybridized carbons (Fsp3) is 0.500. The van der Waals surface area contributed by atoms with Crippen LogP contribution in [0.2, 0.25) is 5.02 Å². The Balaban J connectivity index is 0.000000277. The Morgan fingerprint density at radius 1 is 1.03 bits per heavy atom. The number of ether oxygens (including phenoxy) is 1. The number of carbonyl (C=O) groups is 2. The maximum absolute atomic E-state index is 12.4. The molecule has 1 fully saturated rings. The number of hydrogen-bond donors (Lipinski definition) is 0. The van der Waals surface area contributed by atoms with E-state index in [1.54, 1.807) is 24.3 Å². The highest BCUT2D eigenvalue weighted by atomic mass is 35.5. The average Bonchev–Trinajstić information content (AvgIpc) is 3.17. The first-order valence-electron chi connectivity index (χ1n) is 12.0. The largest absolute Gasteiger partial charge is 0.457 e. The van der Waals surface area contributed by atoms with E-state index in [0.29, 0.717) is 17.0 Å². The van der Waals surface area contributed by atoms with Crippen molar-refractivity contribution in [3.63, 3.8) is 0 Å². The van der Waals surface area contributed by atoms with Crippen molar-refractivity contribution in [2.24, 2.45) is 11.8 Å². The van der Waals surface area contributed by atoms with E-state index in [9.17, 15) is 18.4 Å². The highest BCUT2D eigenvalue weighted by Crippen LogP contribution is 2.36. The predicted octanol–water partition coefficient (Wildman–Crippen LogP) is 8.28. The molecule has 1 aliphatic heterocycles. The third-order valence-corrected chi connectivity index (χ3v) is 5.88. The number of Topliss-reactive ketones (excluding diaryl/α,β-unsaturated/α-hetero) is 1. The Morgan fingerprint density at radius 3 is 2.00 bits per heavy atom. The van der Waals surface area contributed by atoms with Crippen LogP contribution in [0.15, 0.2) is 42.5 Å². The van der Waals surface area contributed by atoms with Crippen molar-refractivity contribution < 1.29 is 23.1 Å². The number of ketones is 1. The summed E-state index contributed by atoms with van der Waals surface area (Å²) < 4.78 is 29.9. The minimum Gasteiger partial charge on any atom is -0.457 e. The lowest BCUT2D eigenvalue weighted by molar-refractivity contribution is -0.141. The molecule has 1 heterocycles. The van der Waals surface area contributed by atoms with Gasteiger partial charge in [0.05, 0.1) is 12.3 Å². The molecule has 1 unspecified atom stereocenters. The standard InChI is InChI=1S/C12H11ClO3.C8H8F2.C8H18/c1-7(14)10-6-11(15)16-12(10)8-2-4-9(13)5-3-8;1-2-6-3-7(9)5-8(10)4-6;1-4-6-8(3)7-5-2/h2-5,10,12H,6H2,1H3;3-5H,2H2,1H3;8H,4-7H2,1-3H3/t10-,12?;;/m1../s1.